The first-order chi connectivity index (χ1) is 11.4. The lowest BCUT2D eigenvalue weighted by atomic mass is 10.9. The van der Waals surface area contributed by atoms with Gasteiger partial charge in [-0.15, -0.1) is 13.2 Å². The Balaban J connectivity index is -0.0000000154. The number of hydrogen-bond acceptors (Lipinski definition) is 10. The van der Waals surface area contributed by atoms with E-state index >= 15 is 0 Å². The van der Waals surface area contributed by atoms with Crippen LogP contribution in [0.1, 0.15) is 41.5 Å². The molecule has 0 saturated heterocycles. The van der Waals surface area contributed by atoms with E-state index in [-0.39, 0.29) is 24.6 Å². The lowest BCUT2D eigenvalue weighted by Gasteiger charge is -1.59. The summed E-state index contributed by atoms with van der Waals surface area (Å²) in [6.45, 7) is 12.5. The van der Waals surface area contributed by atoms with Gasteiger partial charge in [0, 0.05) is 41.5 Å². The molecule has 0 spiro atoms. The zero-order chi connectivity index (χ0) is 23.5. The second-order valence-corrected chi connectivity index (χ2v) is 3.11. The van der Waals surface area contributed by atoms with Crippen molar-refractivity contribution in [2.24, 2.45) is 0 Å². The molecule has 16 nitrogen and oxygen atoms in total. The molecule has 0 unspecified atom stereocenters. The molecule has 0 aromatic heterocycles. The van der Waals surface area contributed by atoms with Crippen LogP contribution in [-0.4, -0.2) is 66.5 Å². The molecule has 0 aliphatic heterocycles. The number of hydrogen-bond donors (Lipinski definition) is 10. The van der Waals surface area contributed by atoms with Crippen molar-refractivity contribution in [3.05, 3.63) is 13.2 Å². The van der Waals surface area contributed by atoms with Gasteiger partial charge in [-0.25, -0.2) is 0 Å². The highest BCUT2D eigenvalue weighted by molar-refractivity contribution is 5.64. The van der Waals surface area contributed by atoms with Gasteiger partial charge >= 0.3 is 0 Å². The molecule has 0 atom stereocenters. The number of carboxylic acids is 6. The fourth-order valence-corrected chi connectivity index (χ4v) is 0. The molecular formula is C14H40N4O12. The van der Waals surface area contributed by atoms with E-state index in [0.29, 0.717) is 0 Å². The molecule has 0 bridgehead atoms. The molecular weight excluding hydrogens is 416 g/mol. The average Bonchev–Trinajstić information content (AvgIpc) is 2.25. The molecule has 0 heterocycles. The number of carbonyl (C=O) groups is 6. The van der Waals surface area contributed by atoms with Gasteiger partial charge in [-0.1, -0.05) is 0 Å². The molecule has 30 heavy (non-hydrogen) atoms. The van der Waals surface area contributed by atoms with Gasteiger partial charge in [-0.3, -0.25) is 28.8 Å². The normalized spacial score (nSPS) is 5.13. The van der Waals surface area contributed by atoms with E-state index in [2.05, 4.69) is 13.2 Å². The van der Waals surface area contributed by atoms with Crippen molar-refractivity contribution in [1.29, 1.82) is 0 Å². The largest absolute Gasteiger partial charge is 0.481 e. The third-order valence-corrected chi connectivity index (χ3v) is 0. The van der Waals surface area contributed by atoms with E-state index in [4.69, 9.17) is 59.4 Å². The Morgan fingerprint density at radius 3 is 0.367 bits per heavy atom. The van der Waals surface area contributed by atoms with Crippen molar-refractivity contribution in [2.75, 3.05) is 0 Å². The van der Waals surface area contributed by atoms with Crippen LogP contribution in [0.25, 0.3) is 0 Å². The molecule has 16 heteroatoms. The SMILES string of the molecule is C=C.CC(=O)O.CC(=O)O.CC(=O)O.CC(=O)O.CC(=O)O.CC(=O)O.N.N.N.N. The topological polar surface area (TPSA) is 364 Å². The Morgan fingerprint density at radius 2 is 0.367 bits per heavy atom. The monoisotopic (exact) mass is 456 g/mol. The molecule has 0 saturated carbocycles. The maximum Gasteiger partial charge on any atom is 0.300 e. The smallest absolute Gasteiger partial charge is 0.300 e. The van der Waals surface area contributed by atoms with Crippen LogP contribution in [0.15, 0.2) is 13.2 Å². The van der Waals surface area contributed by atoms with E-state index in [1.54, 1.807) is 0 Å². The Labute approximate surface area is 175 Å². The predicted molar refractivity (Wildman–Crippen MR) is 111 cm³/mol. The van der Waals surface area contributed by atoms with Gasteiger partial charge in [0.15, 0.2) is 0 Å². The van der Waals surface area contributed by atoms with Gasteiger partial charge in [0.1, 0.15) is 0 Å². The zero-order valence-corrected chi connectivity index (χ0v) is 18.4. The van der Waals surface area contributed by atoms with Gasteiger partial charge < -0.3 is 55.2 Å². The minimum atomic E-state index is -0.833. The van der Waals surface area contributed by atoms with Crippen molar-refractivity contribution in [1.82, 2.24) is 24.6 Å². The van der Waals surface area contributed by atoms with Gasteiger partial charge in [0.05, 0.1) is 0 Å². The molecule has 188 valence electrons. The zero-order valence-electron chi connectivity index (χ0n) is 18.4. The van der Waals surface area contributed by atoms with Crippen LogP contribution < -0.4 is 24.6 Å². The van der Waals surface area contributed by atoms with Crippen molar-refractivity contribution in [2.45, 2.75) is 41.5 Å². The maximum atomic E-state index is 9.00. The van der Waals surface area contributed by atoms with E-state index < -0.39 is 35.8 Å². The molecule has 0 aromatic carbocycles. The first-order valence-corrected chi connectivity index (χ1v) is 6.07. The lowest BCUT2D eigenvalue weighted by Crippen LogP contribution is -1.78. The van der Waals surface area contributed by atoms with Crippen LogP contribution in [0.4, 0.5) is 0 Å². The Hall–Kier alpha value is -3.60. The fraction of sp³-hybridized carbons (Fsp3) is 0.429. The lowest BCUT2D eigenvalue weighted by molar-refractivity contribution is -0.135. The summed E-state index contributed by atoms with van der Waals surface area (Å²) in [5, 5.41) is 44.5. The van der Waals surface area contributed by atoms with E-state index in [0.717, 1.165) is 41.5 Å². The Kier molecular flexibility index (Phi) is 175. The molecule has 0 rings (SSSR count). The fourth-order valence-electron chi connectivity index (χ4n) is 0. The first-order valence-electron chi connectivity index (χ1n) is 6.07. The highest BCUT2D eigenvalue weighted by Crippen LogP contribution is 1.43. The average molecular weight is 456 g/mol. The number of carboxylic acid groups (broad SMARTS) is 6. The maximum absolute atomic E-state index is 9.00. The van der Waals surface area contributed by atoms with Crippen molar-refractivity contribution in [3.8, 4) is 0 Å². The third-order valence-electron chi connectivity index (χ3n) is 0. The number of rotatable bonds is 0. The van der Waals surface area contributed by atoms with Gasteiger partial charge in [0.2, 0.25) is 0 Å². The van der Waals surface area contributed by atoms with E-state index in [9.17, 15) is 0 Å². The van der Waals surface area contributed by atoms with Gasteiger partial charge in [-0.05, 0) is 0 Å². The van der Waals surface area contributed by atoms with Crippen molar-refractivity contribution >= 4 is 35.8 Å². The molecule has 0 aliphatic rings. The predicted octanol–water partition coefficient (Wildman–Crippen LogP) is 2.00. The molecule has 0 radical (unpaired) electrons. The molecule has 18 N–H and O–H groups in total. The standard InChI is InChI=1S/6C2H4O2.C2H4.4H3N/c6*1-2(3)4;1-2;;;;/h6*1H3,(H,3,4);1-2H2;4*1H3. The second-order valence-electron chi connectivity index (χ2n) is 3.11. The highest BCUT2D eigenvalue weighted by atomic mass is 16.4. The quantitative estimate of drug-likeness (QED) is 0.232. The molecule has 0 aromatic rings. The van der Waals surface area contributed by atoms with Gasteiger partial charge in [0.25, 0.3) is 35.8 Å². The van der Waals surface area contributed by atoms with Crippen LogP contribution in [0.3, 0.4) is 0 Å². The van der Waals surface area contributed by atoms with E-state index in [1.807, 2.05) is 0 Å². The minimum absolute atomic E-state index is 0. The van der Waals surface area contributed by atoms with Crippen LogP contribution >= 0.6 is 0 Å². The second kappa shape index (κ2) is 72.9. The summed E-state index contributed by atoms with van der Waals surface area (Å²) in [5.74, 6) is -5.00. The summed E-state index contributed by atoms with van der Waals surface area (Å²) in [5.41, 5.74) is 0. The summed E-state index contributed by atoms with van der Waals surface area (Å²) < 4.78 is 0. The molecule has 0 fully saturated rings. The van der Waals surface area contributed by atoms with Crippen LogP contribution in [0.5, 0.6) is 0 Å². The van der Waals surface area contributed by atoms with Crippen molar-refractivity contribution in [3.63, 3.8) is 0 Å². The van der Waals surface area contributed by atoms with Crippen molar-refractivity contribution < 1.29 is 59.4 Å². The summed E-state index contributed by atoms with van der Waals surface area (Å²) >= 11 is 0. The van der Waals surface area contributed by atoms with E-state index in [1.165, 1.54) is 0 Å². The Bertz CT molecular complexity index is 287. The summed E-state index contributed by atoms with van der Waals surface area (Å²) in [4.78, 5) is 54.0. The van der Waals surface area contributed by atoms with Gasteiger partial charge in [-0.2, -0.15) is 0 Å². The van der Waals surface area contributed by atoms with Crippen LogP contribution in [-0.2, 0) is 28.8 Å². The third kappa shape index (κ3) is 1030. The Morgan fingerprint density at radius 1 is 0.367 bits per heavy atom. The number of aliphatic carboxylic acids is 6. The summed E-state index contributed by atoms with van der Waals surface area (Å²) in [7, 11) is 0. The van der Waals surface area contributed by atoms with Crippen LogP contribution in [0.2, 0.25) is 0 Å². The molecule has 0 amide bonds. The molecule has 0 aliphatic carbocycles. The summed E-state index contributed by atoms with van der Waals surface area (Å²) in [6, 6.07) is 0. The summed E-state index contributed by atoms with van der Waals surface area (Å²) in [6.07, 6.45) is 0. The first kappa shape index (κ1) is 71.8. The minimum Gasteiger partial charge on any atom is -0.481 e. The van der Waals surface area contributed by atoms with Crippen LogP contribution in [0, 0.1) is 0 Å². The highest BCUT2D eigenvalue weighted by Gasteiger charge is 1.67.